The van der Waals surface area contributed by atoms with E-state index in [1.54, 1.807) is 20.8 Å². The molecule has 226 valence electrons. The van der Waals surface area contributed by atoms with Gasteiger partial charge in [-0.2, -0.15) is 0 Å². The van der Waals surface area contributed by atoms with E-state index in [9.17, 15) is 24.0 Å². The highest BCUT2D eigenvalue weighted by Gasteiger charge is 2.38. The number of benzene rings is 1. The summed E-state index contributed by atoms with van der Waals surface area (Å²) in [6.07, 6.45) is 3.36. The van der Waals surface area contributed by atoms with Gasteiger partial charge in [0.25, 0.3) is 11.8 Å². The van der Waals surface area contributed by atoms with Gasteiger partial charge in [0.1, 0.15) is 17.7 Å². The number of fused-ring (bicyclic) bond motifs is 1. The highest BCUT2D eigenvalue weighted by molar-refractivity contribution is 6.21. The number of nitrogens with zero attached hydrogens (tertiary/aromatic N) is 3. The van der Waals surface area contributed by atoms with Crippen molar-refractivity contribution >= 4 is 29.6 Å². The predicted molar refractivity (Wildman–Crippen MR) is 156 cm³/mol. The fourth-order valence-electron chi connectivity index (χ4n) is 4.86. The first-order chi connectivity index (χ1) is 19.7. The largest absolute Gasteiger partial charge is 0.459 e. The molecule has 0 spiro atoms. The Labute approximate surface area is 246 Å². The van der Waals surface area contributed by atoms with E-state index in [0.717, 1.165) is 10.5 Å². The highest BCUT2D eigenvalue weighted by atomic mass is 16.6. The third-order valence-corrected chi connectivity index (χ3v) is 6.93. The van der Waals surface area contributed by atoms with Crippen LogP contribution in [0, 0.1) is 5.92 Å². The quantitative estimate of drug-likeness (QED) is 0.271. The molecule has 0 bridgehead atoms. The Bertz CT molecular complexity index is 1270. The molecule has 0 aliphatic carbocycles. The first-order valence-electron chi connectivity index (χ1n) is 14.1. The summed E-state index contributed by atoms with van der Waals surface area (Å²) in [5, 5.41) is 3.14. The Morgan fingerprint density at radius 2 is 1.67 bits per heavy atom. The van der Waals surface area contributed by atoms with Gasteiger partial charge in [-0.3, -0.25) is 39.2 Å². The van der Waals surface area contributed by atoms with Crippen LogP contribution in [0.4, 0.5) is 0 Å². The molecule has 4 amide bonds. The molecule has 0 radical (unpaired) electrons. The van der Waals surface area contributed by atoms with Gasteiger partial charge in [0.05, 0.1) is 17.2 Å². The van der Waals surface area contributed by atoms with Crippen LogP contribution >= 0.6 is 0 Å². The molecule has 0 saturated carbocycles. The monoisotopic (exact) mass is 579 g/mol. The average Bonchev–Trinajstić information content (AvgIpc) is 3.16. The van der Waals surface area contributed by atoms with E-state index < -0.39 is 53.3 Å². The highest BCUT2D eigenvalue weighted by Crippen LogP contribution is 2.23. The van der Waals surface area contributed by atoms with Gasteiger partial charge >= 0.3 is 5.97 Å². The second-order valence-electron chi connectivity index (χ2n) is 12.0. The molecule has 0 unspecified atom stereocenters. The van der Waals surface area contributed by atoms with Gasteiger partial charge in [-0.25, -0.2) is 0 Å². The zero-order valence-corrected chi connectivity index (χ0v) is 25.1. The number of aromatic nitrogens is 1. The fourth-order valence-corrected chi connectivity index (χ4v) is 4.86. The van der Waals surface area contributed by atoms with Crippen LogP contribution < -0.4 is 11.1 Å². The van der Waals surface area contributed by atoms with E-state index in [1.165, 1.54) is 30.4 Å². The summed E-state index contributed by atoms with van der Waals surface area (Å²) >= 11 is 0. The van der Waals surface area contributed by atoms with E-state index in [0.29, 0.717) is 6.42 Å². The number of nitrogens with two attached hydrogens (primary N) is 1. The Morgan fingerprint density at radius 3 is 2.24 bits per heavy atom. The fraction of sp³-hybridized carbons (Fsp3) is 0.484. The minimum absolute atomic E-state index is 0.00264. The SMILES string of the molecule is CC(C)C[C@H](N[C@H](CCN1C(=O)c2ccncc2C1=O)C(=O)OC(C)(C)C)C(=O)N(C)[C@@H](Cc1ccccc1)C(N)=O. The van der Waals surface area contributed by atoms with Gasteiger partial charge in [0.2, 0.25) is 11.8 Å². The predicted octanol–water partition coefficient (Wildman–Crippen LogP) is 2.34. The maximum absolute atomic E-state index is 13.8. The number of amides is 4. The van der Waals surface area contributed by atoms with E-state index >= 15 is 0 Å². The van der Waals surface area contributed by atoms with Crippen LogP contribution in [-0.2, 0) is 25.5 Å². The van der Waals surface area contributed by atoms with Crippen LogP contribution in [-0.4, -0.2) is 81.7 Å². The van der Waals surface area contributed by atoms with Crippen LogP contribution in [0.25, 0.3) is 0 Å². The number of carbonyl (C=O) groups is 5. The van der Waals surface area contributed by atoms with Crippen molar-refractivity contribution < 1.29 is 28.7 Å². The molecule has 1 aromatic carbocycles. The molecule has 0 saturated heterocycles. The zero-order valence-electron chi connectivity index (χ0n) is 25.1. The first-order valence-corrected chi connectivity index (χ1v) is 14.1. The Balaban J connectivity index is 1.84. The number of ether oxygens (including phenoxy) is 1. The maximum atomic E-state index is 13.8. The summed E-state index contributed by atoms with van der Waals surface area (Å²) in [6.45, 7) is 8.97. The Morgan fingerprint density at radius 1 is 1.02 bits per heavy atom. The summed E-state index contributed by atoms with van der Waals surface area (Å²) in [7, 11) is 1.52. The molecule has 2 heterocycles. The first kappa shape index (κ1) is 32.4. The van der Waals surface area contributed by atoms with Gasteiger partial charge in [-0.15, -0.1) is 0 Å². The van der Waals surface area contributed by atoms with E-state index in [-0.39, 0.29) is 36.4 Å². The molecule has 3 atom stereocenters. The lowest BCUT2D eigenvalue weighted by Crippen LogP contribution is -2.57. The topological polar surface area (TPSA) is 152 Å². The summed E-state index contributed by atoms with van der Waals surface area (Å²) in [4.78, 5) is 71.8. The zero-order chi connectivity index (χ0) is 31.2. The molecular weight excluding hydrogens is 538 g/mol. The number of hydrogen-bond donors (Lipinski definition) is 2. The molecule has 1 aliphatic heterocycles. The molecule has 11 nitrogen and oxygen atoms in total. The minimum atomic E-state index is -1.03. The number of primary amides is 1. The smallest absolute Gasteiger partial charge is 0.323 e. The van der Waals surface area contributed by atoms with Crippen molar-refractivity contribution in [2.24, 2.45) is 11.7 Å². The second-order valence-corrected chi connectivity index (χ2v) is 12.0. The molecule has 0 fully saturated rings. The molecule has 11 heteroatoms. The van der Waals surface area contributed by atoms with Crippen molar-refractivity contribution in [3.63, 3.8) is 0 Å². The number of likely N-dealkylation sites (N-methyl/N-ethyl adjacent to an activating group) is 1. The van der Waals surface area contributed by atoms with Crippen LogP contribution in [0.3, 0.4) is 0 Å². The lowest BCUT2D eigenvalue weighted by atomic mass is 9.98. The molecular formula is C31H41N5O6. The van der Waals surface area contributed by atoms with E-state index in [4.69, 9.17) is 10.5 Å². The van der Waals surface area contributed by atoms with Crippen molar-refractivity contribution in [1.29, 1.82) is 0 Å². The standard InChI is InChI=1S/C31H41N5O6/c1-19(2)16-24(29(40)35(6)25(26(32)37)17-20-10-8-7-9-11-20)34-23(30(41)42-31(3,4)5)13-15-36-27(38)21-12-14-33-18-22(21)28(36)39/h7-12,14,18-19,23-25,34H,13,15-17H2,1-6H3,(H2,32,37)/t23-,24+,25+/m1/s1. The molecule has 1 aliphatic rings. The Hall–Kier alpha value is -4.12. The number of imide groups is 1. The summed E-state index contributed by atoms with van der Waals surface area (Å²) in [5.74, 6) is -2.61. The molecule has 1 aromatic heterocycles. The summed E-state index contributed by atoms with van der Waals surface area (Å²) in [5.41, 5.74) is 6.20. The minimum Gasteiger partial charge on any atom is -0.459 e. The molecule has 42 heavy (non-hydrogen) atoms. The van der Waals surface area contributed by atoms with Gasteiger partial charge in [0, 0.05) is 32.4 Å². The third kappa shape index (κ3) is 8.22. The summed E-state index contributed by atoms with van der Waals surface area (Å²) < 4.78 is 5.64. The van der Waals surface area contributed by atoms with Crippen molar-refractivity contribution in [3.8, 4) is 0 Å². The molecule has 2 aromatic rings. The van der Waals surface area contributed by atoms with E-state index in [1.807, 2.05) is 44.2 Å². The van der Waals surface area contributed by atoms with Gasteiger partial charge in [0.15, 0.2) is 0 Å². The van der Waals surface area contributed by atoms with Crippen LogP contribution in [0.5, 0.6) is 0 Å². The van der Waals surface area contributed by atoms with Gasteiger partial charge in [-0.1, -0.05) is 44.2 Å². The van der Waals surface area contributed by atoms with Gasteiger partial charge in [-0.05, 0) is 51.2 Å². The lowest BCUT2D eigenvalue weighted by Gasteiger charge is -2.33. The number of esters is 1. The van der Waals surface area contributed by atoms with Crippen LogP contribution in [0.15, 0.2) is 48.8 Å². The maximum Gasteiger partial charge on any atom is 0.323 e. The number of rotatable bonds is 13. The van der Waals surface area contributed by atoms with Crippen LogP contribution in [0.1, 0.15) is 73.7 Å². The number of nitrogens with one attached hydrogen (secondary N) is 1. The molecule has 3 N–H and O–H groups in total. The number of hydrogen-bond acceptors (Lipinski definition) is 8. The van der Waals surface area contributed by atoms with Crippen molar-refractivity contribution in [1.82, 2.24) is 20.1 Å². The molecule has 3 rings (SSSR count). The van der Waals surface area contributed by atoms with Crippen molar-refractivity contribution in [2.45, 2.75) is 77.6 Å². The lowest BCUT2D eigenvalue weighted by molar-refractivity contribution is -0.158. The van der Waals surface area contributed by atoms with Gasteiger partial charge < -0.3 is 15.4 Å². The second kappa shape index (κ2) is 13.7. The average molecular weight is 580 g/mol. The third-order valence-electron chi connectivity index (χ3n) is 6.93. The van der Waals surface area contributed by atoms with Crippen molar-refractivity contribution in [3.05, 3.63) is 65.5 Å². The summed E-state index contributed by atoms with van der Waals surface area (Å²) in [6, 6.07) is 7.90. The number of pyridine rings is 1. The number of carbonyl (C=O) groups excluding carboxylic acids is 5. The normalized spacial score (nSPS) is 15.3. The van der Waals surface area contributed by atoms with Crippen molar-refractivity contribution in [2.75, 3.05) is 13.6 Å². The van der Waals surface area contributed by atoms with E-state index in [2.05, 4.69) is 10.3 Å². The Kier molecular flexibility index (Phi) is 10.6. The van der Waals surface area contributed by atoms with Crippen LogP contribution in [0.2, 0.25) is 0 Å².